The van der Waals surface area contributed by atoms with Gasteiger partial charge in [0.25, 0.3) is 0 Å². The lowest BCUT2D eigenvalue weighted by molar-refractivity contribution is 0.284. The molecule has 2 aromatic rings. The number of benzene rings is 2. The van der Waals surface area contributed by atoms with Crippen molar-refractivity contribution in [1.82, 2.24) is 0 Å². The molecule has 2 rings (SSSR count). The van der Waals surface area contributed by atoms with Crippen molar-refractivity contribution in [2.45, 2.75) is 6.61 Å². The molecular formula is C13H9F3O. The van der Waals surface area contributed by atoms with Gasteiger partial charge in [-0.25, -0.2) is 13.2 Å². The van der Waals surface area contributed by atoms with Gasteiger partial charge in [-0.3, -0.25) is 0 Å². The molecule has 0 saturated heterocycles. The zero-order chi connectivity index (χ0) is 12.3. The average Bonchev–Trinajstić information content (AvgIpc) is 2.30. The van der Waals surface area contributed by atoms with Crippen LogP contribution in [0.4, 0.5) is 13.2 Å². The van der Waals surface area contributed by atoms with Crippen LogP contribution in [0.2, 0.25) is 0 Å². The Morgan fingerprint density at radius 2 is 1.65 bits per heavy atom. The van der Waals surface area contributed by atoms with E-state index >= 15 is 0 Å². The molecule has 0 aliphatic heterocycles. The van der Waals surface area contributed by atoms with Crippen molar-refractivity contribution in [3.05, 3.63) is 65.5 Å². The Balaban J connectivity index is 2.10. The molecule has 0 aliphatic carbocycles. The SMILES string of the molecule is Fc1ccc(OCc2ccccc2F)c(F)c1. The van der Waals surface area contributed by atoms with Gasteiger partial charge in [0.2, 0.25) is 0 Å². The summed E-state index contributed by atoms with van der Waals surface area (Å²) < 4.78 is 44.1. The first-order chi connectivity index (χ1) is 8.16. The van der Waals surface area contributed by atoms with Crippen molar-refractivity contribution < 1.29 is 17.9 Å². The van der Waals surface area contributed by atoms with Crippen molar-refractivity contribution in [3.63, 3.8) is 0 Å². The van der Waals surface area contributed by atoms with Crippen LogP contribution >= 0.6 is 0 Å². The van der Waals surface area contributed by atoms with Crippen molar-refractivity contribution in [1.29, 1.82) is 0 Å². The zero-order valence-corrected chi connectivity index (χ0v) is 8.79. The van der Waals surface area contributed by atoms with Gasteiger partial charge in [-0.2, -0.15) is 0 Å². The van der Waals surface area contributed by atoms with E-state index in [0.29, 0.717) is 5.56 Å². The van der Waals surface area contributed by atoms with Gasteiger partial charge in [0.1, 0.15) is 18.2 Å². The molecule has 1 nitrogen and oxygen atoms in total. The molecule has 4 heteroatoms. The number of ether oxygens (including phenoxy) is 1. The highest BCUT2D eigenvalue weighted by Gasteiger charge is 2.06. The molecule has 0 unspecified atom stereocenters. The Labute approximate surface area is 96.5 Å². The van der Waals surface area contributed by atoms with Gasteiger partial charge in [0.15, 0.2) is 11.6 Å². The molecule has 0 aliphatic rings. The molecule has 88 valence electrons. The van der Waals surface area contributed by atoms with Gasteiger partial charge in [-0.1, -0.05) is 18.2 Å². The minimum Gasteiger partial charge on any atom is -0.486 e. The van der Waals surface area contributed by atoms with E-state index in [1.165, 1.54) is 18.2 Å². The smallest absolute Gasteiger partial charge is 0.167 e. The maximum absolute atomic E-state index is 13.2. The first kappa shape index (κ1) is 11.5. The largest absolute Gasteiger partial charge is 0.486 e. The second kappa shape index (κ2) is 4.91. The predicted molar refractivity (Wildman–Crippen MR) is 57.1 cm³/mol. The standard InChI is InChI=1S/C13H9F3O/c14-10-5-6-13(12(16)7-10)17-8-9-3-1-2-4-11(9)15/h1-7H,8H2. The van der Waals surface area contributed by atoms with Crippen LogP contribution in [0.3, 0.4) is 0 Å². The predicted octanol–water partition coefficient (Wildman–Crippen LogP) is 3.68. The molecule has 0 heterocycles. The van der Waals surface area contributed by atoms with E-state index in [2.05, 4.69) is 0 Å². The van der Waals surface area contributed by atoms with Crippen LogP contribution in [-0.2, 0) is 6.61 Å². The average molecular weight is 238 g/mol. The fourth-order valence-electron chi connectivity index (χ4n) is 1.36. The molecule has 2 aromatic carbocycles. The summed E-state index contributed by atoms with van der Waals surface area (Å²) in [5.41, 5.74) is 0.316. The van der Waals surface area contributed by atoms with Crippen LogP contribution < -0.4 is 4.74 Å². The highest BCUT2D eigenvalue weighted by Crippen LogP contribution is 2.19. The second-order valence-electron chi connectivity index (χ2n) is 3.45. The summed E-state index contributed by atoms with van der Waals surface area (Å²) in [6.07, 6.45) is 0. The molecule has 0 atom stereocenters. The Morgan fingerprint density at radius 1 is 0.882 bits per heavy atom. The quantitative estimate of drug-likeness (QED) is 0.792. The molecule has 0 radical (unpaired) electrons. The molecule has 0 aromatic heterocycles. The van der Waals surface area contributed by atoms with Gasteiger partial charge in [0.05, 0.1) is 0 Å². The number of rotatable bonds is 3. The van der Waals surface area contributed by atoms with E-state index in [1.807, 2.05) is 0 Å². The Morgan fingerprint density at radius 3 is 2.35 bits per heavy atom. The number of hydrogen-bond donors (Lipinski definition) is 0. The van der Waals surface area contributed by atoms with Crippen LogP contribution in [0.1, 0.15) is 5.56 Å². The Hall–Kier alpha value is -1.97. The molecule has 0 spiro atoms. The number of halogens is 3. The Kier molecular flexibility index (Phi) is 3.32. The van der Waals surface area contributed by atoms with Gasteiger partial charge in [-0.15, -0.1) is 0 Å². The van der Waals surface area contributed by atoms with Gasteiger partial charge in [-0.05, 0) is 18.2 Å². The summed E-state index contributed by atoms with van der Waals surface area (Å²) in [5.74, 6) is -2.01. The first-order valence-corrected chi connectivity index (χ1v) is 4.98. The van der Waals surface area contributed by atoms with E-state index in [-0.39, 0.29) is 12.4 Å². The molecule has 0 saturated carbocycles. The summed E-state index contributed by atoms with van der Waals surface area (Å²) in [7, 11) is 0. The van der Waals surface area contributed by atoms with Crippen LogP contribution in [0.5, 0.6) is 5.75 Å². The Bertz CT molecular complexity index is 526. The molecule has 0 N–H and O–H groups in total. The normalized spacial score (nSPS) is 10.3. The van der Waals surface area contributed by atoms with Gasteiger partial charge in [0, 0.05) is 11.6 Å². The van der Waals surface area contributed by atoms with Crippen molar-refractivity contribution in [2.24, 2.45) is 0 Å². The third-order valence-electron chi connectivity index (χ3n) is 2.23. The van der Waals surface area contributed by atoms with Gasteiger partial charge < -0.3 is 4.74 Å². The third kappa shape index (κ3) is 2.78. The van der Waals surface area contributed by atoms with E-state index in [0.717, 1.165) is 12.1 Å². The van der Waals surface area contributed by atoms with E-state index in [4.69, 9.17) is 4.74 Å². The zero-order valence-electron chi connectivity index (χ0n) is 8.79. The molecule has 0 amide bonds. The van der Waals surface area contributed by atoms with Crippen molar-refractivity contribution in [2.75, 3.05) is 0 Å². The van der Waals surface area contributed by atoms with E-state index < -0.39 is 17.5 Å². The lowest BCUT2D eigenvalue weighted by atomic mass is 10.2. The van der Waals surface area contributed by atoms with Crippen LogP contribution in [0.15, 0.2) is 42.5 Å². The molecule has 0 fully saturated rings. The molecule has 0 bridgehead atoms. The molecular weight excluding hydrogens is 229 g/mol. The fraction of sp³-hybridized carbons (Fsp3) is 0.0769. The second-order valence-corrected chi connectivity index (χ2v) is 3.45. The first-order valence-electron chi connectivity index (χ1n) is 4.98. The maximum Gasteiger partial charge on any atom is 0.167 e. The summed E-state index contributed by atoms with van der Waals surface area (Å²) in [6, 6.07) is 9.01. The number of hydrogen-bond acceptors (Lipinski definition) is 1. The summed E-state index contributed by atoms with van der Waals surface area (Å²) in [5, 5.41) is 0. The van der Waals surface area contributed by atoms with Gasteiger partial charge >= 0.3 is 0 Å². The topological polar surface area (TPSA) is 9.23 Å². The maximum atomic E-state index is 13.2. The fourth-order valence-corrected chi connectivity index (χ4v) is 1.36. The van der Waals surface area contributed by atoms with Crippen LogP contribution in [0, 0.1) is 17.5 Å². The van der Waals surface area contributed by atoms with Crippen molar-refractivity contribution >= 4 is 0 Å². The molecule has 17 heavy (non-hydrogen) atoms. The van der Waals surface area contributed by atoms with E-state index in [1.54, 1.807) is 12.1 Å². The van der Waals surface area contributed by atoms with Crippen LogP contribution in [0.25, 0.3) is 0 Å². The van der Waals surface area contributed by atoms with E-state index in [9.17, 15) is 13.2 Å². The lowest BCUT2D eigenvalue weighted by Gasteiger charge is -2.07. The van der Waals surface area contributed by atoms with Crippen LogP contribution in [-0.4, -0.2) is 0 Å². The monoisotopic (exact) mass is 238 g/mol. The summed E-state index contributed by atoms with van der Waals surface area (Å²) in [6.45, 7) is -0.102. The summed E-state index contributed by atoms with van der Waals surface area (Å²) >= 11 is 0. The lowest BCUT2D eigenvalue weighted by Crippen LogP contribution is -2.00. The minimum atomic E-state index is -0.804. The van der Waals surface area contributed by atoms with Crippen molar-refractivity contribution in [3.8, 4) is 5.75 Å². The summed E-state index contributed by atoms with van der Waals surface area (Å²) in [4.78, 5) is 0. The highest BCUT2D eigenvalue weighted by atomic mass is 19.1. The minimum absolute atomic E-state index is 0.102. The highest BCUT2D eigenvalue weighted by molar-refractivity contribution is 5.25. The third-order valence-corrected chi connectivity index (χ3v) is 2.23.